The highest BCUT2D eigenvalue weighted by molar-refractivity contribution is 7.97. The number of amides is 1. The summed E-state index contributed by atoms with van der Waals surface area (Å²) in [5.41, 5.74) is 1.45. The highest BCUT2D eigenvalue weighted by Gasteiger charge is 2.46. The van der Waals surface area contributed by atoms with Crippen LogP contribution in [0.5, 0.6) is 0 Å². The number of rotatable bonds is 4. The molecular formula is C23H28F2N2OS. The molecule has 0 radical (unpaired) electrons. The molecular weight excluding hydrogens is 390 g/mol. The third-order valence-electron chi connectivity index (χ3n) is 5.53. The van der Waals surface area contributed by atoms with E-state index < -0.39 is 11.6 Å². The largest absolute Gasteiger partial charge is 0.342 e. The Bertz CT molecular complexity index is 817. The van der Waals surface area contributed by atoms with E-state index in [1.165, 1.54) is 36.6 Å². The minimum Gasteiger partial charge on any atom is -0.342 e. The van der Waals surface area contributed by atoms with Crippen molar-refractivity contribution in [3.8, 4) is 11.1 Å². The molecule has 4 rings (SSSR count). The Balaban J connectivity index is 0.000000552. The van der Waals surface area contributed by atoms with E-state index in [1.807, 2.05) is 24.0 Å². The lowest BCUT2D eigenvalue weighted by Gasteiger charge is -2.27. The van der Waals surface area contributed by atoms with Crippen LogP contribution in [-0.4, -0.2) is 29.6 Å². The van der Waals surface area contributed by atoms with Crippen LogP contribution in [0.3, 0.4) is 0 Å². The average Bonchev–Trinajstić information content (AvgIpc) is 3.55. The Morgan fingerprint density at radius 2 is 1.69 bits per heavy atom. The number of piperidine rings is 1. The van der Waals surface area contributed by atoms with Crippen molar-refractivity contribution in [3.63, 3.8) is 0 Å². The van der Waals surface area contributed by atoms with Crippen molar-refractivity contribution < 1.29 is 13.6 Å². The maximum Gasteiger partial charge on any atom is 0.226 e. The number of nitrogens with zero attached hydrogens (tertiary/aromatic N) is 1. The predicted molar refractivity (Wildman–Crippen MR) is 115 cm³/mol. The fourth-order valence-electron chi connectivity index (χ4n) is 3.96. The van der Waals surface area contributed by atoms with E-state index >= 15 is 0 Å². The zero-order valence-electron chi connectivity index (χ0n) is 16.7. The second-order valence-corrected chi connectivity index (χ2v) is 8.38. The normalized spacial score (nSPS) is 20.6. The molecule has 1 heterocycles. The molecule has 0 spiro atoms. The van der Waals surface area contributed by atoms with Gasteiger partial charge in [-0.15, -0.1) is 0 Å². The van der Waals surface area contributed by atoms with Gasteiger partial charge in [-0.1, -0.05) is 49.2 Å². The van der Waals surface area contributed by atoms with Gasteiger partial charge >= 0.3 is 0 Å². The van der Waals surface area contributed by atoms with E-state index in [1.54, 1.807) is 12.1 Å². The molecule has 0 aromatic heterocycles. The summed E-state index contributed by atoms with van der Waals surface area (Å²) in [6.45, 7) is 3.70. The van der Waals surface area contributed by atoms with Gasteiger partial charge in [0, 0.05) is 24.8 Å². The van der Waals surface area contributed by atoms with E-state index in [4.69, 9.17) is 5.14 Å². The number of hydrogen-bond donors (Lipinski definition) is 1. The first-order valence-corrected chi connectivity index (χ1v) is 11.3. The second kappa shape index (κ2) is 10.2. The lowest BCUT2D eigenvalue weighted by Crippen LogP contribution is -2.36. The Kier molecular flexibility index (Phi) is 7.67. The third-order valence-corrected chi connectivity index (χ3v) is 5.87. The smallest absolute Gasteiger partial charge is 0.226 e. The maximum atomic E-state index is 14.2. The van der Waals surface area contributed by atoms with Crippen LogP contribution in [0.1, 0.15) is 44.1 Å². The number of likely N-dealkylation sites (tertiary alicyclic amines) is 1. The van der Waals surface area contributed by atoms with Gasteiger partial charge in [0.25, 0.3) is 0 Å². The fourth-order valence-corrected chi connectivity index (χ4v) is 3.96. The standard InChI is InChI=1S/C21H21F2NO.C2H7NS/c22-18-9-6-10-19(23)20(18)15-8-3-2-7-14(15)16-13-17(16)21(25)24-11-4-1-5-12-24;1-2-4-3/h2-3,6-10,16-17H,1,4-5,11-13H2;2-3H2,1H3. The molecule has 2 unspecified atom stereocenters. The number of nitrogens with two attached hydrogens (primary N) is 1. The van der Waals surface area contributed by atoms with Crippen LogP contribution in [0.15, 0.2) is 42.5 Å². The topological polar surface area (TPSA) is 46.3 Å². The molecule has 3 nitrogen and oxygen atoms in total. The van der Waals surface area contributed by atoms with Crippen molar-refractivity contribution in [2.45, 2.75) is 38.5 Å². The first-order valence-electron chi connectivity index (χ1n) is 10.2. The van der Waals surface area contributed by atoms with Gasteiger partial charge in [-0.2, -0.15) is 0 Å². The molecule has 156 valence electrons. The summed E-state index contributed by atoms with van der Waals surface area (Å²) >= 11 is 1.36. The molecule has 1 saturated carbocycles. The minimum absolute atomic E-state index is 0.00849. The Hall–Kier alpha value is -1.92. The van der Waals surface area contributed by atoms with Crippen LogP contribution in [0, 0.1) is 17.6 Å². The van der Waals surface area contributed by atoms with E-state index in [0.717, 1.165) is 43.7 Å². The van der Waals surface area contributed by atoms with E-state index in [9.17, 15) is 13.6 Å². The summed E-state index contributed by atoms with van der Waals surface area (Å²) in [6.07, 6.45) is 4.09. The van der Waals surface area contributed by atoms with Gasteiger partial charge in [0.15, 0.2) is 0 Å². The van der Waals surface area contributed by atoms with Gasteiger partial charge in [0.05, 0.1) is 5.56 Å². The molecule has 2 fully saturated rings. The molecule has 1 aliphatic carbocycles. The van der Waals surface area contributed by atoms with Crippen molar-refractivity contribution in [2.75, 3.05) is 18.8 Å². The molecule has 2 aromatic carbocycles. The van der Waals surface area contributed by atoms with E-state index in [2.05, 4.69) is 0 Å². The van der Waals surface area contributed by atoms with Crippen LogP contribution < -0.4 is 5.14 Å². The van der Waals surface area contributed by atoms with Crippen LogP contribution in [0.25, 0.3) is 11.1 Å². The Morgan fingerprint density at radius 1 is 1.07 bits per heavy atom. The van der Waals surface area contributed by atoms with E-state index in [0.29, 0.717) is 5.56 Å². The summed E-state index contributed by atoms with van der Waals surface area (Å²) in [6, 6.07) is 11.2. The van der Waals surface area contributed by atoms with Crippen LogP contribution in [0.4, 0.5) is 8.78 Å². The average molecular weight is 419 g/mol. The van der Waals surface area contributed by atoms with Crippen LogP contribution in [-0.2, 0) is 4.79 Å². The lowest BCUT2D eigenvalue weighted by atomic mass is 9.95. The summed E-state index contributed by atoms with van der Waals surface area (Å²) in [4.78, 5) is 14.7. The zero-order chi connectivity index (χ0) is 20.8. The molecule has 2 aromatic rings. The quantitative estimate of drug-likeness (QED) is 0.680. The van der Waals surface area contributed by atoms with Gasteiger partial charge < -0.3 is 4.90 Å². The molecule has 0 bridgehead atoms. The molecule has 2 atom stereocenters. The maximum absolute atomic E-state index is 14.2. The van der Waals surface area contributed by atoms with E-state index in [-0.39, 0.29) is 23.3 Å². The molecule has 29 heavy (non-hydrogen) atoms. The number of halogens is 2. The minimum atomic E-state index is -0.563. The Morgan fingerprint density at radius 3 is 2.31 bits per heavy atom. The van der Waals surface area contributed by atoms with Crippen molar-refractivity contribution >= 4 is 17.9 Å². The highest BCUT2D eigenvalue weighted by Crippen LogP contribution is 2.51. The monoisotopic (exact) mass is 418 g/mol. The van der Waals surface area contributed by atoms with Crippen LogP contribution in [0.2, 0.25) is 0 Å². The predicted octanol–water partition coefficient (Wildman–Crippen LogP) is 5.36. The van der Waals surface area contributed by atoms with Gasteiger partial charge in [0.2, 0.25) is 5.91 Å². The zero-order valence-corrected chi connectivity index (χ0v) is 17.6. The summed E-state index contributed by atoms with van der Waals surface area (Å²) in [5.74, 6) is 0.103. The number of benzene rings is 2. The summed E-state index contributed by atoms with van der Waals surface area (Å²) < 4.78 is 28.5. The SMILES string of the molecule is CCSN.O=C(C1CC1c1ccccc1-c1c(F)cccc1F)N1CCCCC1. The number of carbonyl (C=O) groups excluding carboxylic acids is 1. The van der Waals surface area contributed by atoms with Crippen molar-refractivity contribution in [2.24, 2.45) is 11.1 Å². The third kappa shape index (κ3) is 5.17. The second-order valence-electron chi connectivity index (χ2n) is 7.47. The number of carbonyl (C=O) groups is 1. The first-order chi connectivity index (χ1) is 14.1. The highest BCUT2D eigenvalue weighted by atomic mass is 32.2. The molecule has 2 aliphatic rings. The molecule has 2 N–H and O–H groups in total. The Labute approximate surface area is 175 Å². The molecule has 1 amide bonds. The van der Waals surface area contributed by atoms with Gasteiger partial charge in [-0.05, 0) is 54.9 Å². The summed E-state index contributed by atoms with van der Waals surface area (Å²) in [5, 5.41) is 4.94. The van der Waals surface area contributed by atoms with Gasteiger partial charge in [0.1, 0.15) is 11.6 Å². The molecule has 1 aliphatic heterocycles. The molecule has 1 saturated heterocycles. The van der Waals surface area contributed by atoms with Crippen LogP contribution >= 0.6 is 11.9 Å². The summed E-state index contributed by atoms with van der Waals surface area (Å²) in [7, 11) is 0. The van der Waals surface area contributed by atoms with Gasteiger partial charge in [-0.25, -0.2) is 8.78 Å². The molecule has 6 heteroatoms. The number of hydrogen-bond acceptors (Lipinski definition) is 3. The van der Waals surface area contributed by atoms with Crippen molar-refractivity contribution in [3.05, 3.63) is 59.7 Å². The van der Waals surface area contributed by atoms with Crippen molar-refractivity contribution in [1.29, 1.82) is 0 Å². The lowest BCUT2D eigenvalue weighted by molar-refractivity contribution is -0.133. The fraction of sp³-hybridized carbons (Fsp3) is 0.435. The van der Waals surface area contributed by atoms with Crippen molar-refractivity contribution in [1.82, 2.24) is 4.90 Å². The first kappa shape index (κ1) is 21.8. The van der Waals surface area contributed by atoms with Gasteiger partial charge in [-0.3, -0.25) is 9.93 Å².